The van der Waals surface area contributed by atoms with Crippen molar-refractivity contribution in [3.8, 4) is 6.07 Å². The molecule has 2 heterocycles. The molecule has 0 saturated carbocycles. The molecule has 0 spiro atoms. The van der Waals surface area contributed by atoms with Crippen molar-refractivity contribution >= 4 is 5.91 Å². The van der Waals surface area contributed by atoms with Crippen LogP contribution in [-0.4, -0.2) is 45.8 Å². The quantitative estimate of drug-likeness (QED) is 0.829. The van der Waals surface area contributed by atoms with Crippen LogP contribution < -0.4 is 0 Å². The highest BCUT2D eigenvalue weighted by Gasteiger charge is 2.36. The number of nitriles is 1. The molecule has 18 heavy (non-hydrogen) atoms. The van der Waals surface area contributed by atoms with Crippen LogP contribution in [0.5, 0.6) is 0 Å². The number of hydrogen-bond donors (Lipinski definition) is 1. The summed E-state index contributed by atoms with van der Waals surface area (Å²) < 4.78 is 14.8. The second-order valence-electron chi connectivity index (χ2n) is 4.46. The Balaban J connectivity index is 2.25. The van der Waals surface area contributed by atoms with Gasteiger partial charge in [-0.15, -0.1) is 0 Å². The second kappa shape index (κ2) is 4.78. The van der Waals surface area contributed by atoms with Crippen LogP contribution in [0.3, 0.4) is 0 Å². The summed E-state index contributed by atoms with van der Waals surface area (Å²) in [6.07, 6.45) is 0.615. The van der Waals surface area contributed by atoms with Gasteiger partial charge < -0.3 is 14.6 Å². The molecule has 1 fully saturated rings. The van der Waals surface area contributed by atoms with E-state index in [1.807, 2.05) is 6.07 Å². The summed E-state index contributed by atoms with van der Waals surface area (Å²) in [7, 11) is 1.66. The van der Waals surface area contributed by atoms with Crippen LogP contribution in [0.1, 0.15) is 22.5 Å². The van der Waals surface area contributed by atoms with E-state index in [0.29, 0.717) is 11.3 Å². The fourth-order valence-corrected chi connectivity index (χ4v) is 2.27. The van der Waals surface area contributed by atoms with Crippen molar-refractivity contribution in [2.45, 2.75) is 18.6 Å². The number of likely N-dealkylation sites (tertiary alicyclic amines) is 1. The Bertz CT molecular complexity index is 506. The fourth-order valence-electron chi connectivity index (χ4n) is 2.27. The molecule has 0 unspecified atom stereocenters. The molecule has 1 aliphatic rings. The SMILES string of the molecule is Cn1cc(C#N)cc1C(=O)N1C[C@@H](F)C[C@H]1CO. The molecule has 1 aromatic heterocycles. The molecule has 0 aliphatic carbocycles. The van der Waals surface area contributed by atoms with Crippen molar-refractivity contribution in [1.29, 1.82) is 5.26 Å². The first-order valence-electron chi connectivity index (χ1n) is 5.69. The van der Waals surface area contributed by atoms with Gasteiger partial charge in [-0.2, -0.15) is 5.26 Å². The van der Waals surface area contributed by atoms with Crippen molar-refractivity contribution in [3.05, 3.63) is 23.5 Å². The van der Waals surface area contributed by atoms with Crippen LogP contribution in [-0.2, 0) is 7.05 Å². The Morgan fingerprint density at radius 2 is 2.44 bits per heavy atom. The zero-order chi connectivity index (χ0) is 13.3. The summed E-state index contributed by atoms with van der Waals surface area (Å²) in [5.41, 5.74) is 0.719. The lowest BCUT2D eigenvalue weighted by molar-refractivity contribution is 0.0663. The third-order valence-corrected chi connectivity index (χ3v) is 3.19. The van der Waals surface area contributed by atoms with Crippen molar-refractivity contribution < 1.29 is 14.3 Å². The molecule has 5 nitrogen and oxygen atoms in total. The Labute approximate surface area is 104 Å². The van der Waals surface area contributed by atoms with E-state index in [9.17, 15) is 9.18 Å². The van der Waals surface area contributed by atoms with E-state index in [4.69, 9.17) is 10.4 Å². The predicted octanol–water partition coefficient (Wildman–Crippen LogP) is 0.442. The summed E-state index contributed by atoms with van der Waals surface area (Å²) in [5.74, 6) is -0.349. The highest BCUT2D eigenvalue weighted by molar-refractivity contribution is 5.93. The van der Waals surface area contributed by atoms with Gasteiger partial charge in [0.1, 0.15) is 17.9 Å². The molecule has 96 valence electrons. The average Bonchev–Trinajstić information content (AvgIpc) is 2.91. The maximum Gasteiger partial charge on any atom is 0.270 e. The molecule has 2 atom stereocenters. The van der Waals surface area contributed by atoms with Crippen LogP contribution in [0.4, 0.5) is 4.39 Å². The zero-order valence-electron chi connectivity index (χ0n) is 10.0. The third kappa shape index (κ3) is 2.09. The van der Waals surface area contributed by atoms with Crippen molar-refractivity contribution in [1.82, 2.24) is 9.47 Å². The second-order valence-corrected chi connectivity index (χ2v) is 4.46. The number of hydrogen-bond acceptors (Lipinski definition) is 3. The van der Waals surface area contributed by atoms with Gasteiger partial charge in [-0.3, -0.25) is 4.79 Å². The lowest BCUT2D eigenvalue weighted by Gasteiger charge is -2.22. The van der Waals surface area contributed by atoms with E-state index in [-0.39, 0.29) is 25.5 Å². The standard InChI is InChI=1S/C12H14FN3O2/c1-15-5-8(4-14)2-11(15)12(18)16-6-9(13)3-10(16)7-17/h2,5,9-10,17H,3,6-7H2,1H3/t9-,10-/m0/s1. The molecule has 0 aromatic carbocycles. The molecule has 6 heteroatoms. The minimum atomic E-state index is -1.10. The number of nitrogens with zero attached hydrogens (tertiary/aromatic N) is 3. The van der Waals surface area contributed by atoms with E-state index < -0.39 is 12.2 Å². The molecular weight excluding hydrogens is 237 g/mol. The number of aryl methyl sites for hydroxylation is 1. The van der Waals surface area contributed by atoms with E-state index in [1.54, 1.807) is 17.8 Å². The number of amides is 1. The average molecular weight is 251 g/mol. The predicted molar refractivity (Wildman–Crippen MR) is 61.6 cm³/mol. The third-order valence-electron chi connectivity index (χ3n) is 3.19. The van der Waals surface area contributed by atoms with Crippen molar-refractivity contribution in [2.75, 3.05) is 13.2 Å². The maximum absolute atomic E-state index is 13.3. The number of aliphatic hydroxyl groups is 1. The van der Waals surface area contributed by atoms with Gasteiger partial charge in [-0.05, 0) is 6.07 Å². The molecule has 1 amide bonds. The van der Waals surface area contributed by atoms with Gasteiger partial charge in [0.15, 0.2) is 0 Å². The first-order valence-corrected chi connectivity index (χ1v) is 5.69. The Kier molecular flexibility index (Phi) is 3.34. The van der Waals surface area contributed by atoms with Gasteiger partial charge in [-0.25, -0.2) is 4.39 Å². The van der Waals surface area contributed by atoms with Crippen LogP contribution in [0.15, 0.2) is 12.3 Å². The van der Waals surface area contributed by atoms with Crippen LogP contribution >= 0.6 is 0 Å². The number of halogens is 1. The summed E-state index contributed by atoms with van der Waals surface area (Å²) in [6.45, 7) is -0.251. The molecule has 2 rings (SSSR count). The number of aliphatic hydroxyl groups excluding tert-OH is 1. The lowest BCUT2D eigenvalue weighted by Crippen LogP contribution is -2.38. The Morgan fingerprint density at radius 3 is 3.00 bits per heavy atom. The monoisotopic (exact) mass is 251 g/mol. The summed E-state index contributed by atoms with van der Waals surface area (Å²) >= 11 is 0. The van der Waals surface area contributed by atoms with Crippen molar-refractivity contribution in [3.63, 3.8) is 0 Å². The Hall–Kier alpha value is -1.87. The lowest BCUT2D eigenvalue weighted by atomic mass is 10.2. The van der Waals surface area contributed by atoms with Crippen molar-refractivity contribution in [2.24, 2.45) is 7.05 Å². The Morgan fingerprint density at radius 1 is 1.72 bits per heavy atom. The van der Waals surface area contributed by atoms with Crippen LogP contribution in [0, 0.1) is 11.3 Å². The van der Waals surface area contributed by atoms with Gasteiger partial charge in [0.2, 0.25) is 0 Å². The van der Waals surface area contributed by atoms with Gasteiger partial charge in [0.25, 0.3) is 5.91 Å². The van der Waals surface area contributed by atoms with Crippen LogP contribution in [0.25, 0.3) is 0 Å². The van der Waals surface area contributed by atoms with E-state index in [2.05, 4.69) is 0 Å². The largest absolute Gasteiger partial charge is 0.394 e. The highest BCUT2D eigenvalue weighted by Crippen LogP contribution is 2.22. The van der Waals surface area contributed by atoms with E-state index >= 15 is 0 Å². The topological polar surface area (TPSA) is 69.3 Å². The molecular formula is C12H14FN3O2. The summed E-state index contributed by atoms with van der Waals surface area (Å²) in [5, 5.41) is 17.9. The molecule has 0 radical (unpaired) electrons. The van der Waals surface area contributed by atoms with Gasteiger partial charge in [0.05, 0.1) is 24.8 Å². The summed E-state index contributed by atoms with van der Waals surface area (Å²) in [6, 6.07) is 2.95. The number of aromatic nitrogens is 1. The smallest absolute Gasteiger partial charge is 0.270 e. The first-order chi connectivity index (χ1) is 8.56. The number of carbonyl (C=O) groups excluding carboxylic acids is 1. The molecule has 1 aliphatic heterocycles. The maximum atomic E-state index is 13.3. The molecule has 0 bridgehead atoms. The molecule has 1 N–H and O–H groups in total. The number of rotatable bonds is 2. The zero-order valence-corrected chi connectivity index (χ0v) is 10.0. The minimum absolute atomic E-state index is 0.00285. The van der Waals surface area contributed by atoms with E-state index in [1.165, 1.54) is 11.0 Å². The van der Waals surface area contributed by atoms with E-state index in [0.717, 1.165) is 0 Å². The summed E-state index contributed by atoms with van der Waals surface area (Å²) in [4.78, 5) is 13.6. The van der Waals surface area contributed by atoms with Gasteiger partial charge in [0, 0.05) is 19.7 Å². The fraction of sp³-hybridized carbons (Fsp3) is 0.500. The first kappa shape index (κ1) is 12.6. The number of alkyl halides is 1. The van der Waals surface area contributed by atoms with Crippen LogP contribution in [0.2, 0.25) is 0 Å². The molecule has 1 saturated heterocycles. The van der Waals surface area contributed by atoms with Gasteiger partial charge >= 0.3 is 0 Å². The number of carbonyl (C=O) groups is 1. The normalized spacial score (nSPS) is 23.1. The highest BCUT2D eigenvalue weighted by atomic mass is 19.1. The minimum Gasteiger partial charge on any atom is -0.394 e. The molecule has 1 aromatic rings. The van der Waals surface area contributed by atoms with Gasteiger partial charge in [-0.1, -0.05) is 0 Å².